The fourth-order valence-corrected chi connectivity index (χ4v) is 2.15. The monoisotopic (exact) mass is 319 g/mol. The highest BCUT2D eigenvalue weighted by atomic mass is 16.4. The summed E-state index contributed by atoms with van der Waals surface area (Å²) in [6.07, 6.45) is -0.754. The summed E-state index contributed by atoms with van der Waals surface area (Å²) < 4.78 is 0. The minimum absolute atomic E-state index is 0.133. The van der Waals surface area contributed by atoms with Gasteiger partial charge in [-0.1, -0.05) is 0 Å². The number of nitrogens with one attached hydrogen (secondary N) is 1. The minimum atomic E-state index is -1.51. The molecule has 22 heavy (non-hydrogen) atoms. The average Bonchev–Trinajstić information content (AvgIpc) is 2.38. The Labute approximate surface area is 126 Å². The van der Waals surface area contributed by atoms with E-state index in [1.54, 1.807) is 4.90 Å². The predicted molar refractivity (Wildman–Crippen MR) is 73.3 cm³/mol. The van der Waals surface area contributed by atoms with Crippen molar-refractivity contribution >= 4 is 17.9 Å². The van der Waals surface area contributed by atoms with E-state index < -0.39 is 42.1 Å². The number of carboxylic acid groups (broad SMARTS) is 3. The topological polar surface area (TPSA) is 173 Å². The molecule has 1 aliphatic heterocycles. The van der Waals surface area contributed by atoms with Crippen LogP contribution >= 0.6 is 0 Å². The van der Waals surface area contributed by atoms with Crippen LogP contribution in [0.2, 0.25) is 0 Å². The van der Waals surface area contributed by atoms with Gasteiger partial charge < -0.3 is 31.5 Å². The van der Waals surface area contributed by atoms with E-state index in [4.69, 9.17) is 21.1 Å². The number of carbonyl (C=O) groups is 3. The van der Waals surface area contributed by atoms with Crippen LogP contribution in [0.15, 0.2) is 0 Å². The van der Waals surface area contributed by atoms with Gasteiger partial charge in [-0.25, -0.2) is 0 Å². The molecular formula is C12H21N3O7. The third-order valence-electron chi connectivity index (χ3n) is 3.69. The van der Waals surface area contributed by atoms with Crippen molar-refractivity contribution in [2.45, 2.75) is 37.1 Å². The van der Waals surface area contributed by atoms with E-state index in [0.717, 1.165) is 0 Å². The summed E-state index contributed by atoms with van der Waals surface area (Å²) in [5.74, 6) is -3.48. The SMILES string of the molecule is N[C@H](C(=O)O)[C@@H](O)CN[C@@H](CCN1CC[C@H]1C(=O)O)C(=O)O. The molecule has 0 aromatic rings. The highest BCUT2D eigenvalue weighted by molar-refractivity contribution is 5.75. The standard InChI is InChI=1S/C12H21N3O7/c13-9(12(21)22)8(16)5-14-6(10(17)18)1-3-15-4-2-7(15)11(19)20/h6-9,14,16H,1-5,13H2,(H,17,18)(H,19,20)(H,21,22)/t6-,7-,8-,9-/m0/s1. The summed E-state index contributed by atoms with van der Waals surface area (Å²) in [5.41, 5.74) is 5.22. The molecule has 1 aliphatic rings. The Bertz CT molecular complexity index is 409. The van der Waals surface area contributed by atoms with E-state index in [0.29, 0.717) is 13.0 Å². The van der Waals surface area contributed by atoms with E-state index in [2.05, 4.69) is 5.32 Å². The largest absolute Gasteiger partial charge is 0.480 e. The number of hydrogen-bond donors (Lipinski definition) is 6. The highest BCUT2D eigenvalue weighted by Gasteiger charge is 2.34. The zero-order valence-corrected chi connectivity index (χ0v) is 11.9. The Morgan fingerprint density at radius 1 is 1.23 bits per heavy atom. The molecule has 0 saturated carbocycles. The van der Waals surface area contributed by atoms with Gasteiger partial charge in [0.1, 0.15) is 18.1 Å². The third kappa shape index (κ3) is 4.91. The molecule has 0 radical (unpaired) electrons. The zero-order chi connectivity index (χ0) is 16.9. The number of aliphatic hydroxyl groups is 1. The van der Waals surface area contributed by atoms with Crippen molar-refractivity contribution in [3.8, 4) is 0 Å². The molecule has 0 amide bonds. The van der Waals surface area contributed by atoms with Gasteiger partial charge >= 0.3 is 17.9 Å². The number of nitrogens with two attached hydrogens (primary N) is 1. The molecule has 0 aromatic carbocycles. The van der Waals surface area contributed by atoms with Gasteiger partial charge in [-0.05, 0) is 12.8 Å². The maximum absolute atomic E-state index is 11.1. The van der Waals surface area contributed by atoms with Crippen LogP contribution in [0.3, 0.4) is 0 Å². The Morgan fingerprint density at radius 3 is 2.27 bits per heavy atom. The van der Waals surface area contributed by atoms with Crippen LogP contribution in [0.5, 0.6) is 0 Å². The fraction of sp³-hybridized carbons (Fsp3) is 0.750. The van der Waals surface area contributed by atoms with E-state index in [9.17, 15) is 19.5 Å². The van der Waals surface area contributed by atoms with Gasteiger partial charge in [-0.3, -0.25) is 19.3 Å². The zero-order valence-electron chi connectivity index (χ0n) is 11.9. The summed E-state index contributed by atoms with van der Waals surface area (Å²) in [6.45, 7) is 0.588. The molecule has 1 rings (SSSR count). The van der Waals surface area contributed by atoms with Gasteiger partial charge in [0.2, 0.25) is 0 Å². The lowest BCUT2D eigenvalue weighted by atomic mass is 10.0. The smallest absolute Gasteiger partial charge is 0.323 e. The number of aliphatic carboxylic acids is 3. The summed E-state index contributed by atoms with van der Waals surface area (Å²) in [7, 11) is 0. The summed E-state index contributed by atoms with van der Waals surface area (Å²) in [6, 6.07) is -3.11. The first-order chi connectivity index (χ1) is 10.2. The van der Waals surface area contributed by atoms with Crippen LogP contribution in [0.25, 0.3) is 0 Å². The van der Waals surface area contributed by atoms with Crippen molar-refractivity contribution in [2.75, 3.05) is 19.6 Å². The number of aliphatic hydroxyl groups excluding tert-OH is 1. The van der Waals surface area contributed by atoms with E-state index in [-0.39, 0.29) is 19.5 Å². The van der Waals surface area contributed by atoms with Crippen molar-refractivity contribution in [2.24, 2.45) is 5.73 Å². The molecule has 4 atom stereocenters. The number of carboxylic acids is 3. The molecule has 0 bridgehead atoms. The molecule has 0 aromatic heterocycles. The molecule has 1 saturated heterocycles. The van der Waals surface area contributed by atoms with Crippen LogP contribution < -0.4 is 11.1 Å². The average molecular weight is 319 g/mol. The van der Waals surface area contributed by atoms with Crippen molar-refractivity contribution in [1.29, 1.82) is 0 Å². The fourth-order valence-electron chi connectivity index (χ4n) is 2.15. The highest BCUT2D eigenvalue weighted by Crippen LogP contribution is 2.17. The molecule has 7 N–H and O–H groups in total. The first kappa shape index (κ1) is 18.3. The van der Waals surface area contributed by atoms with Gasteiger partial charge in [0.05, 0.1) is 6.10 Å². The molecule has 1 heterocycles. The first-order valence-corrected chi connectivity index (χ1v) is 6.83. The van der Waals surface area contributed by atoms with E-state index in [1.165, 1.54) is 0 Å². The molecule has 0 unspecified atom stereocenters. The Kier molecular flexibility index (Phi) is 6.68. The second kappa shape index (κ2) is 8.03. The van der Waals surface area contributed by atoms with Gasteiger partial charge in [-0.15, -0.1) is 0 Å². The quantitative estimate of drug-likeness (QED) is 0.249. The van der Waals surface area contributed by atoms with Crippen LogP contribution in [-0.2, 0) is 14.4 Å². The molecule has 10 heteroatoms. The Hall–Kier alpha value is -1.75. The summed E-state index contributed by atoms with van der Waals surface area (Å²) >= 11 is 0. The maximum Gasteiger partial charge on any atom is 0.323 e. The Morgan fingerprint density at radius 2 is 1.86 bits per heavy atom. The third-order valence-corrected chi connectivity index (χ3v) is 3.69. The van der Waals surface area contributed by atoms with Gasteiger partial charge in [0, 0.05) is 19.6 Å². The number of nitrogens with zero attached hydrogens (tertiary/aromatic N) is 1. The lowest BCUT2D eigenvalue weighted by molar-refractivity contribution is -0.148. The number of hydrogen-bond acceptors (Lipinski definition) is 7. The van der Waals surface area contributed by atoms with Gasteiger partial charge in [0.15, 0.2) is 0 Å². The lowest BCUT2D eigenvalue weighted by Crippen LogP contribution is -2.54. The number of likely N-dealkylation sites (tertiary alicyclic amines) is 1. The molecule has 1 fully saturated rings. The van der Waals surface area contributed by atoms with Crippen molar-refractivity contribution in [3.05, 3.63) is 0 Å². The van der Waals surface area contributed by atoms with Crippen LogP contribution in [-0.4, -0.2) is 87.1 Å². The summed E-state index contributed by atoms with van der Waals surface area (Å²) in [4.78, 5) is 34.2. The lowest BCUT2D eigenvalue weighted by Gasteiger charge is -2.38. The number of rotatable bonds is 10. The molecule has 10 nitrogen and oxygen atoms in total. The van der Waals surface area contributed by atoms with Crippen LogP contribution in [0, 0.1) is 0 Å². The predicted octanol–water partition coefficient (Wildman–Crippen LogP) is -2.65. The Balaban J connectivity index is 2.41. The van der Waals surface area contributed by atoms with Gasteiger partial charge in [-0.2, -0.15) is 0 Å². The second-order valence-corrected chi connectivity index (χ2v) is 5.20. The molecule has 0 spiro atoms. The van der Waals surface area contributed by atoms with Crippen LogP contribution in [0.4, 0.5) is 0 Å². The van der Waals surface area contributed by atoms with Crippen molar-refractivity contribution < 1.29 is 34.8 Å². The molecular weight excluding hydrogens is 298 g/mol. The van der Waals surface area contributed by atoms with E-state index >= 15 is 0 Å². The van der Waals surface area contributed by atoms with Crippen molar-refractivity contribution in [3.63, 3.8) is 0 Å². The molecule has 0 aliphatic carbocycles. The first-order valence-electron chi connectivity index (χ1n) is 6.83. The van der Waals surface area contributed by atoms with Gasteiger partial charge in [0.25, 0.3) is 0 Å². The van der Waals surface area contributed by atoms with E-state index in [1.807, 2.05) is 0 Å². The minimum Gasteiger partial charge on any atom is -0.480 e. The summed E-state index contributed by atoms with van der Waals surface area (Å²) in [5, 5.41) is 38.7. The molecule has 126 valence electrons. The second-order valence-electron chi connectivity index (χ2n) is 5.20. The normalized spacial score (nSPS) is 22.4. The van der Waals surface area contributed by atoms with Crippen LogP contribution in [0.1, 0.15) is 12.8 Å². The maximum atomic E-state index is 11.1. The van der Waals surface area contributed by atoms with Crippen molar-refractivity contribution in [1.82, 2.24) is 10.2 Å².